The van der Waals surface area contributed by atoms with Crippen molar-refractivity contribution in [3.63, 3.8) is 0 Å². The minimum absolute atomic E-state index is 0.201. The van der Waals surface area contributed by atoms with Crippen LogP contribution in [0.4, 0.5) is 11.5 Å². The van der Waals surface area contributed by atoms with E-state index in [9.17, 15) is 14.4 Å². The fraction of sp³-hybridized carbons (Fsp3) is 0.0400. The molecule has 1 aromatic heterocycles. The van der Waals surface area contributed by atoms with Crippen molar-refractivity contribution >= 4 is 52.4 Å². The van der Waals surface area contributed by atoms with Gasteiger partial charge in [0.05, 0.1) is 23.4 Å². The Bertz CT molecular complexity index is 1410. The second-order valence-corrected chi connectivity index (χ2v) is 8.49. The number of nitrogens with zero attached hydrogens (tertiary/aromatic N) is 3. The first-order valence-electron chi connectivity index (χ1n) is 10.3. The van der Waals surface area contributed by atoms with Crippen molar-refractivity contribution < 1.29 is 14.4 Å². The van der Waals surface area contributed by atoms with Crippen LogP contribution in [0, 0.1) is 0 Å². The number of anilines is 2. The standard InChI is InChI=1S/C25H16Cl2N4O3/c26-17-10-8-15(9-11-17)13-30-14-21(27)22(29-30)28-23(32)16-4-3-5-18(12-16)31-24(33)19-6-1-2-7-20(19)25(31)34/h1-12,14H,13H2,(H,28,29,32). The van der Waals surface area contributed by atoms with Crippen molar-refractivity contribution in [2.45, 2.75) is 6.54 Å². The van der Waals surface area contributed by atoms with Gasteiger partial charge >= 0.3 is 0 Å². The van der Waals surface area contributed by atoms with Gasteiger partial charge < -0.3 is 5.32 Å². The molecule has 4 aromatic rings. The number of hydrogen-bond acceptors (Lipinski definition) is 4. The number of amides is 3. The largest absolute Gasteiger partial charge is 0.304 e. The molecule has 0 fully saturated rings. The molecule has 0 radical (unpaired) electrons. The fourth-order valence-electron chi connectivity index (χ4n) is 3.73. The lowest BCUT2D eigenvalue weighted by atomic mass is 10.1. The Balaban J connectivity index is 1.34. The maximum Gasteiger partial charge on any atom is 0.266 e. The molecule has 1 N–H and O–H groups in total. The van der Waals surface area contributed by atoms with E-state index >= 15 is 0 Å². The topological polar surface area (TPSA) is 84.3 Å². The van der Waals surface area contributed by atoms with E-state index in [0.717, 1.165) is 10.5 Å². The summed E-state index contributed by atoms with van der Waals surface area (Å²) in [5.41, 5.74) is 2.19. The number of benzene rings is 3. The van der Waals surface area contributed by atoms with Gasteiger partial charge in [0.15, 0.2) is 5.82 Å². The first-order chi connectivity index (χ1) is 16.4. The summed E-state index contributed by atoms with van der Waals surface area (Å²) in [6.45, 7) is 0.446. The summed E-state index contributed by atoms with van der Waals surface area (Å²) in [6, 6.07) is 20.2. The number of aromatic nitrogens is 2. The molecule has 34 heavy (non-hydrogen) atoms. The van der Waals surface area contributed by atoms with Gasteiger partial charge in [-0.3, -0.25) is 19.1 Å². The predicted octanol–water partition coefficient (Wildman–Crippen LogP) is 5.29. The number of carbonyl (C=O) groups is 3. The van der Waals surface area contributed by atoms with Crippen molar-refractivity contribution in [1.29, 1.82) is 0 Å². The van der Waals surface area contributed by atoms with Gasteiger partial charge in [-0.2, -0.15) is 5.10 Å². The summed E-state index contributed by atoms with van der Waals surface area (Å²) < 4.78 is 1.61. The van der Waals surface area contributed by atoms with Crippen LogP contribution in [0.5, 0.6) is 0 Å². The van der Waals surface area contributed by atoms with Crippen molar-refractivity contribution in [3.8, 4) is 0 Å². The van der Waals surface area contributed by atoms with E-state index in [-0.39, 0.29) is 16.4 Å². The number of imide groups is 1. The summed E-state index contributed by atoms with van der Waals surface area (Å²) in [5, 5.41) is 7.95. The number of nitrogens with one attached hydrogen (secondary N) is 1. The third-order valence-corrected chi connectivity index (χ3v) is 5.90. The van der Waals surface area contributed by atoms with Gasteiger partial charge in [0.25, 0.3) is 17.7 Å². The lowest BCUT2D eigenvalue weighted by Gasteiger charge is -2.15. The zero-order chi connectivity index (χ0) is 23.8. The van der Waals surface area contributed by atoms with Crippen LogP contribution in [0.3, 0.4) is 0 Å². The van der Waals surface area contributed by atoms with Crippen LogP contribution in [0.2, 0.25) is 10.0 Å². The highest BCUT2D eigenvalue weighted by atomic mass is 35.5. The quantitative estimate of drug-likeness (QED) is 0.385. The molecule has 1 aliphatic heterocycles. The number of hydrogen-bond donors (Lipinski definition) is 1. The zero-order valence-electron chi connectivity index (χ0n) is 17.5. The minimum Gasteiger partial charge on any atom is -0.304 e. The zero-order valence-corrected chi connectivity index (χ0v) is 19.0. The average molecular weight is 491 g/mol. The molecular weight excluding hydrogens is 475 g/mol. The van der Waals surface area contributed by atoms with Crippen LogP contribution in [0.15, 0.2) is 79.0 Å². The van der Waals surface area contributed by atoms with E-state index in [0.29, 0.717) is 28.4 Å². The van der Waals surface area contributed by atoms with Gasteiger partial charge in [0.2, 0.25) is 0 Å². The number of carbonyl (C=O) groups excluding carboxylic acids is 3. The summed E-state index contributed by atoms with van der Waals surface area (Å²) in [5.74, 6) is -1.13. The van der Waals surface area contributed by atoms with Crippen LogP contribution in [-0.4, -0.2) is 27.5 Å². The summed E-state index contributed by atoms with van der Waals surface area (Å²) >= 11 is 12.2. The van der Waals surface area contributed by atoms with Crippen LogP contribution in [0.1, 0.15) is 36.6 Å². The highest BCUT2D eigenvalue weighted by Crippen LogP contribution is 2.29. The third kappa shape index (κ3) is 4.07. The van der Waals surface area contributed by atoms with Crippen LogP contribution < -0.4 is 10.2 Å². The van der Waals surface area contributed by atoms with Crippen molar-refractivity contribution in [3.05, 3.63) is 111 Å². The van der Waals surface area contributed by atoms with E-state index in [2.05, 4.69) is 10.4 Å². The molecule has 0 saturated heterocycles. The smallest absolute Gasteiger partial charge is 0.266 e. The van der Waals surface area contributed by atoms with Gasteiger partial charge in [-0.25, -0.2) is 4.90 Å². The van der Waals surface area contributed by atoms with E-state index in [4.69, 9.17) is 23.2 Å². The first-order valence-corrected chi connectivity index (χ1v) is 11.0. The maximum absolute atomic E-state index is 12.9. The molecule has 1 aliphatic rings. The molecule has 168 valence electrons. The Morgan fingerprint density at radius 2 is 1.56 bits per heavy atom. The highest BCUT2D eigenvalue weighted by molar-refractivity contribution is 6.35. The Kier molecular flexibility index (Phi) is 5.65. The Hall–Kier alpha value is -3.94. The highest BCUT2D eigenvalue weighted by Gasteiger charge is 2.36. The number of fused-ring (bicyclic) bond motifs is 1. The van der Waals surface area contributed by atoms with Gasteiger partial charge in [0.1, 0.15) is 5.02 Å². The molecule has 5 rings (SSSR count). The third-order valence-electron chi connectivity index (χ3n) is 5.37. The monoisotopic (exact) mass is 490 g/mol. The molecule has 0 atom stereocenters. The predicted molar refractivity (Wildman–Crippen MR) is 130 cm³/mol. The lowest BCUT2D eigenvalue weighted by Crippen LogP contribution is -2.29. The van der Waals surface area contributed by atoms with E-state index < -0.39 is 17.7 Å². The number of halogens is 2. The van der Waals surface area contributed by atoms with Crippen LogP contribution >= 0.6 is 23.2 Å². The Labute approximate surface area is 204 Å². The van der Waals surface area contributed by atoms with E-state index in [1.165, 1.54) is 6.07 Å². The molecular formula is C25H16Cl2N4O3. The molecule has 3 aromatic carbocycles. The molecule has 2 heterocycles. The molecule has 3 amide bonds. The van der Waals surface area contributed by atoms with Gasteiger partial charge in [0, 0.05) is 16.8 Å². The molecule has 9 heteroatoms. The fourth-order valence-corrected chi connectivity index (χ4v) is 4.05. The molecule has 0 spiro atoms. The molecule has 7 nitrogen and oxygen atoms in total. The molecule has 0 saturated carbocycles. The summed E-state index contributed by atoms with van der Waals surface area (Å²) in [6.07, 6.45) is 1.61. The van der Waals surface area contributed by atoms with Crippen LogP contribution in [-0.2, 0) is 6.54 Å². The van der Waals surface area contributed by atoms with Crippen molar-refractivity contribution in [2.24, 2.45) is 0 Å². The second-order valence-electron chi connectivity index (χ2n) is 7.65. The molecule has 0 unspecified atom stereocenters. The van der Waals surface area contributed by atoms with Crippen molar-refractivity contribution in [1.82, 2.24) is 9.78 Å². The van der Waals surface area contributed by atoms with Crippen LogP contribution in [0.25, 0.3) is 0 Å². The Morgan fingerprint density at radius 3 is 2.24 bits per heavy atom. The first kappa shape index (κ1) is 21.9. The SMILES string of the molecule is O=C(Nc1nn(Cc2ccc(Cl)cc2)cc1Cl)c1cccc(N2C(=O)c3ccccc3C2=O)c1. The molecule has 0 bridgehead atoms. The van der Waals surface area contributed by atoms with Gasteiger partial charge in [-0.15, -0.1) is 0 Å². The van der Waals surface area contributed by atoms with Crippen molar-refractivity contribution in [2.75, 3.05) is 10.2 Å². The minimum atomic E-state index is -0.475. The Morgan fingerprint density at radius 1 is 0.882 bits per heavy atom. The van der Waals surface area contributed by atoms with Gasteiger partial charge in [-0.05, 0) is 48.0 Å². The lowest BCUT2D eigenvalue weighted by molar-refractivity contribution is 0.0924. The average Bonchev–Trinajstić information content (AvgIpc) is 3.31. The maximum atomic E-state index is 12.9. The van der Waals surface area contributed by atoms with E-state index in [1.54, 1.807) is 65.5 Å². The summed E-state index contributed by atoms with van der Waals surface area (Å²) in [4.78, 5) is 39.5. The number of rotatable bonds is 5. The second kappa shape index (κ2) is 8.78. The molecule has 0 aliphatic carbocycles. The van der Waals surface area contributed by atoms with E-state index in [1.807, 2.05) is 12.1 Å². The normalized spacial score (nSPS) is 12.7. The summed E-state index contributed by atoms with van der Waals surface area (Å²) in [7, 11) is 0. The van der Waals surface area contributed by atoms with Gasteiger partial charge in [-0.1, -0.05) is 53.5 Å².